The molecule has 0 aliphatic heterocycles. The Hall–Kier alpha value is -1.08. The van der Waals surface area contributed by atoms with E-state index in [1.807, 2.05) is 0 Å². The Morgan fingerprint density at radius 2 is 1.86 bits per heavy atom. The lowest BCUT2D eigenvalue weighted by Gasteiger charge is -2.25. The van der Waals surface area contributed by atoms with Gasteiger partial charge in [0, 0.05) is 0 Å². The van der Waals surface area contributed by atoms with Crippen LogP contribution < -0.4 is 5.32 Å². The Balaban J connectivity index is 2.25. The van der Waals surface area contributed by atoms with Crippen LogP contribution in [0.5, 0.6) is 0 Å². The molecule has 0 heterocycles. The average Bonchev–Trinajstić information content (AvgIpc) is 2.44. The molecule has 21 heavy (non-hydrogen) atoms. The Bertz CT molecular complexity index is 473. The highest BCUT2D eigenvalue weighted by Crippen LogP contribution is 2.29. The Morgan fingerprint density at radius 1 is 1.05 bits per heavy atom. The fourth-order valence-electron chi connectivity index (χ4n) is 3.17. The van der Waals surface area contributed by atoms with Gasteiger partial charge in [-0.25, -0.2) is 0 Å². The molecule has 1 aromatic carbocycles. The van der Waals surface area contributed by atoms with Gasteiger partial charge in [-0.15, -0.1) is 0 Å². The predicted molar refractivity (Wildman–Crippen MR) is 92.7 cm³/mol. The molecule has 0 aromatic heterocycles. The van der Waals surface area contributed by atoms with Gasteiger partial charge in [0.05, 0.1) is 6.04 Å². The van der Waals surface area contributed by atoms with Gasteiger partial charge < -0.3 is 5.32 Å². The Kier molecular flexibility index (Phi) is 6.50. The topological polar surface area (TPSA) is 12.0 Å². The lowest BCUT2D eigenvalue weighted by atomic mass is 9.89. The molecule has 116 valence electrons. The lowest BCUT2D eigenvalue weighted by Crippen LogP contribution is -2.24. The standard InChI is InChI=1S/C20H31N/c1-4-14-21-20(18-10-8-6-5-7-9-11-18)19-13-12-16(2)17(3)15-19/h10,12-13,15,20-21H,4-9,11,14H2,1-3H3/b18-10+. The summed E-state index contributed by atoms with van der Waals surface area (Å²) in [5.74, 6) is 0. The molecule has 1 aromatic rings. The van der Waals surface area contributed by atoms with Crippen LogP contribution in [0.1, 0.15) is 74.6 Å². The smallest absolute Gasteiger partial charge is 0.0536 e. The van der Waals surface area contributed by atoms with Crippen molar-refractivity contribution < 1.29 is 0 Å². The van der Waals surface area contributed by atoms with Crippen LogP contribution in [0.4, 0.5) is 0 Å². The van der Waals surface area contributed by atoms with Crippen molar-refractivity contribution in [1.29, 1.82) is 0 Å². The van der Waals surface area contributed by atoms with Gasteiger partial charge in [0.2, 0.25) is 0 Å². The van der Waals surface area contributed by atoms with Crippen molar-refractivity contribution in [3.05, 3.63) is 46.5 Å². The molecule has 0 bridgehead atoms. The van der Waals surface area contributed by atoms with Gasteiger partial charge in [0.15, 0.2) is 0 Å². The Labute approximate surface area is 130 Å². The lowest BCUT2D eigenvalue weighted by molar-refractivity contribution is 0.540. The van der Waals surface area contributed by atoms with E-state index in [2.05, 4.69) is 50.4 Å². The maximum atomic E-state index is 3.78. The second-order valence-corrected chi connectivity index (χ2v) is 6.46. The van der Waals surface area contributed by atoms with Gasteiger partial charge in [-0.2, -0.15) is 0 Å². The van der Waals surface area contributed by atoms with Crippen molar-refractivity contribution in [1.82, 2.24) is 5.32 Å². The van der Waals surface area contributed by atoms with Crippen LogP contribution in [0.3, 0.4) is 0 Å². The van der Waals surface area contributed by atoms with Gasteiger partial charge in [-0.1, -0.05) is 49.6 Å². The second kappa shape index (κ2) is 8.38. The first kappa shape index (κ1) is 16.3. The molecular weight excluding hydrogens is 254 g/mol. The summed E-state index contributed by atoms with van der Waals surface area (Å²) in [5.41, 5.74) is 5.85. The molecule has 2 rings (SSSR count). The van der Waals surface area contributed by atoms with E-state index in [1.54, 1.807) is 5.57 Å². The molecule has 0 saturated carbocycles. The molecule has 1 aliphatic carbocycles. The van der Waals surface area contributed by atoms with E-state index in [4.69, 9.17) is 0 Å². The third-order valence-electron chi connectivity index (χ3n) is 4.66. The molecule has 0 amide bonds. The molecule has 0 spiro atoms. The van der Waals surface area contributed by atoms with Crippen molar-refractivity contribution in [3.8, 4) is 0 Å². The maximum Gasteiger partial charge on any atom is 0.0536 e. The molecule has 1 nitrogen and oxygen atoms in total. The largest absolute Gasteiger partial charge is 0.307 e. The zero-order valence-corrected chi connectivity index (χ0v) is 14.0. The summed E-state index contributed by atoms with van der Waals surface area (Å²) >= 11 is 0. The molecule has 0 radical (unpaired) electrons. The van der Waals surface area contributed by atoms with Crippen molar-refractivity contribution in [2.24, 2.45) is 0 Å². The van der Waals surface area contributed by atoms with Crippen LogP contribution >= 0.6 is 0 Å². The van der Waals surface area contributed by atoms with Crippen LogP contribution in [0.15, 0.2) is 29.8 Å². The summed E-state index contributed by atoms with van der Waals surface area (Å²) in [6.07, 6.45) is 11.7. The zero-order valence-electron chi connectivity index (χ0n) is 14.0. The van der Waals surface area contributed by atoms with E-state index in [-0.39, 0.29) is 0 Å². The first-order valence-electron chi connectivity index (χ1n) is 8.72. The minimum Gasteiger partial charge on any atom is -0.307 e. The molecule has 1 atom stereocenters. The summed E-state index contributed by atoms with van der Waals surface area (Å²) < 4.78 is 0. The maximum absolute atomic E-state index is 3.78. The third-order valence-corrected chi connectivity index (χ3v) is 4.66. The van der Waals surface area contributed by atoms with Crippen LogP contribution in [0, 0.1) is 13.8 Å². The summed E-state index contributed by atoms with van der Waals surface area (Å²) in [6.45, 7) is 7.76. The predicted octanol–water partition coefficient (Wildman–Crippen LogP) is 5.62. The van der Waals surface area contributed by atoms with E-state index in [1.165, 1.54) is 61.6 Å². The second-order valence-electron chi connectivity index (χ2n) is 6.46. The molecule has 1 unspecified atom stereocenters. The number of hydrogen-bond acceptors (Lipinski definition) is 1. The van der Waals surface area contributed by atoms with Crippen molar-refractivity contribution in [2.45, 2.75) is 71.8 Å². The minimum absolute atomic E-state index is 0.419. The summed E-state index contributed by atoms with van der Waals surface area (Å²) in [5, 5.41) is 3.78. The van der Waals surface area contributed by atoms with Crippen LogP contribution in [-0.2, 0) is 0 Å². The van der Waals surface area contributed by atoms with E-state index in [0.29, 0.717) is 6.04 Å². The average molecular weight is 285 g/mol. The number of aryl methyl sites for hydroxylation is 2. The normalized spacial score (nSPS) is 20.2. The van der Waals surface area contributed by atoms with Gasteiger partial charge in [-0.3, -0.25) is 0 Å². The first-order chi connectivity index (χ1) is 10.2. The number of hydrogen-bond donors (Lipinski definition) is 1. The monoisotopic (exact) mass is 285 g/mol. The highest BCUT2D eigenvalue weighted by Gasteiger charge is 2.17. The number of nitrogens with one attached hydrogen (secondary N) is 1. The molecule has 1 aliphatic rings. The highest BCUT2D eigenvalue weighted by molar-refractivity contribution is 5.35. The highest BCUT2D eigenvalue weighted by atomic mass is 14.9. The fourth-order valence-corrected chi connectivity index (χ4v) is 3.17. The number of benzene rings is 1. The van der Waals surface area contributed by atoms with Gasteiger partial charge in [-0.05, 0) is 69.2 Å². The van der Waals surface area contributed by atoms with Gasteiger partial charge in [0.25, 0.3) is 0 Å². The van der Waals surface area contributed by atoms with E-state index in [0.717, 1.165) is 6.54 Å². The summed E-state index contributed by atoms with van der Waals surface area (Å²) in [7, 11) is 0. The van der Waals surface area contributed by atoms with Crippen molar-refractivity contribution >= 4 is 0 Å². The van der Waals surface area contributed by atoms with Crippen LogP contribution in [0.25, 0.3) is 0 Å². The molecule has 0 saturated heterocycles. The van der Waals surface area contributed by atoms with E-state index >= 15 is 0 Å². The minimum atomic E-state index is 0.419. The number of allylic oxidation sites excluding steroid dienone is 1. The van der Waals surface area contributed by atoms with Crippen LogP contribution in [0.2, 0.25) is 0 Å². The molecule has 1 N–H and O–H groups in total. The zero-order chi connectivity index (χ0) is 15.1. The van der Waals surface area contributed by atoms with Gasteiger partial charge in [0.1, 0.15) is 0 Å². The number of rotatable bonds is 5. The molecule has 0 fully saturated rings. The SMILES string of the molecule is CCCNC(/C1=C/CCCCCC1)c1ccc(C)c(C)c1. The van der Waals surface area contributed by atoms with E-state index < -0.39 is 0 Å². The first-order valence-corrected chi connectivity index (χ1v) is 8.72. The Morgan fingerprint density at radius 3 is 2.62 bits per heavy atom. The molecular formula is C20H31N. The summed E-state index contributed by atoms with van der Waals surface area (Å²) in [6, 6.07) is 7.38. The van der Waals surface area contributed by atoms with Crippen molar-refractivity contribution in [3.63, 3.8) is 0 Å². The van der Waals surface area contributed by atoms with E-state index in [9.17, 15) is 0 Å². The summed E-state index contributed by atoms with van der Waals surface area (Å²) in [4.78, 5) is 0. The third kappa shape index (κ3) is 4.71. The molecule has 1 heteroatoms. The van der Waals surface area contributed by atoms with Crippen LogP contribution in [-0.4, -0.2) is 6.54 Å². The van der Waals surface area contributed by atoms with Crippen molar-refractivity contribution in [2.75, 3.05) is 6.54 Å². The fraction of sp³-hybridized carbons (Fsp3) is 0.600. The van der Waals surface area contributed by atoms with Gasteiger partial charge >= 0.3 is 0 Å². The quantitative estimate of drug-likeness (QED) is 0.692.